The molecule has 1 atom stereocenters. The number of halogens is 1. The lowest BCUT2D eigenvalue weighted by atomic mass is 10.0. The van der Waals surface area contributed by atoms with Gasteiger partial charge in [-0.3, -0.25) is 4.79 Å². The summed E-state index contributed by atoms with van der Waals surface area (Å²) in [6, 6.07) is -0.611. The van der Waals surface area contributed by atoms with Gasteiger partial charge in [-0.25, -0.2) is 4.79 Å². The Balaban J connectivity index is 4.59. The Morgan fingerprint density at radius 1 is 1.43 bits per heavy atom. The molecule has 0 aliphatic rings. The standard InChI is InChI=1S/C9H16ClNO3/c1-5-14-8(12)7(6(2)3)11(4)9(10)13/h6-7H,5H2,1-4H3/t7-/m0/s1. The summed E-state index contributed by atoms with van der Waals surface area (Å²) in [5, 5.41) is -0.656. The molecule has 0 spiro atoms. The molecule has 0 aromatic carbocycles. The number of ether oxygens (including phenoxy) is 1. The Kier molecular flexibility index (Phi) is 5.53. The van der Waals surface area contributed by atoms with Crippen molar-refractivity contribution in [3.05, 3.63) is 0 Å². The number of hydrogen-bond donors (Lipinski definition) is 0. The van der Waals surface area contributed by atoms with Crippen LogP contribution in [-0.4, -0.2) is 35.9 Å². The molecule has 0 unspecified atom stereocenters. The third kappa shape index (κ3) is 3.54. The highest BCUT2D eigenvalue weighted by atomic mass is 35.5. The zero-order chi connectivity index (χ0) is 11.3. The van der Waals surface area contributed by atoms with Crippen LogP contribution < -0.4 is 0 Å². The van der Waals surface area contributed by atoms with Gasteiger partial charge in [0.05, 0.1) is 6.61 Å². The normalized spacial score (nSPS) is 12.4. The summed E-state index contributed by atoms with van der Waals surface area (Å²) in [4.78, 5) is 23.5. The van der Waals surface area contributed by atoms with Crippen LogP contribution in [0.5, 0.6) is 0 Å². The lowest BCUT2D eigenvalue weighted by molar-refractivity contribution is -0.149. The zero-order valence-corrected chi connectivity index (χ0v) is 9.67. The van der Waals surface area contributed by atoms with Crippen LogP contribution in [0.2, 0.25) is 0 Å². The summed E-state index contributed by atoms with van der Waals surface area (Å²) in [5.74, 6) is -0.444. The number of likely N-dealkylation sites (N-methyl/N-ethyl adjacent to an activating group) is 1. The molecule has 0 rings (SSSR count). The van der Waals surface area contributed by atoms with Gasteiger partial charge in [0, 0.05) is 7.05 Å². The summed E-state index contributed by atoms with van der Waals surface area (Å²) >= 11 is 5.29. The summed E-state index contributed by atoms with van der Waals surface area (Å²) in [5.41, 5.74) is 0. The van der Waals surface area contributed by atoms with Crippen LogP contribution in [0, 0.1) is 5.92 Å². The number of nitrogens with zero attached hydrogens (tertiary/aromatic N) is 1. The Morgan fingerprint density at radius 3 is 2.21 bits per heavy atom. The topological polar surface area (TPSA) is 46.6 Å². The summed E-state index contributed by atoms with van der Waals surface area (Å²) < 4.78 is 4.85. The largest absolute Gasteiger partial charge is 0.464 e. The van der Waals surface area contributed by atoms with E-state index in [1.165, 1.54) is 11.9 Å². The second-order valence-electron chi connectivity index (χ2n) is 3.30. The van der Waals surface area contributed by atoms with Crippen molar-refractivity contribution in [1.29, 1.82) is 0 Å². The highest BCUT2D eigenvalue weighted by Gasteiger charge is 2.30. The number of hydrogen-bond acceptors (Lipinski definition) is 3. The third-order valence-corrected chi connectivity index (χ3v) is 2.12. The second kappa shape index (κ2) is 5.86. The molecule has 14 heavy (non-hydrogen) atoms. The van der Waals surface area contributed by atoms with Crippen molar-refractivity contribution in [2.45, 2.75) is 26.8 Å². The van der Waals surface area contributed by atoms with E-state index in [1.807, 2.05) is 13.8 Å². The van der Waals surface area contributed by atoms with Gasteiger partial charge in [-0.05, 0) is 24.4 Å². The molecule has 0 aromatic heterocycles. The number of carbonyl (C=O) groups excluding carboxylic acids is 2. The molecule has 0 fully saturated rings. The van der Waals surface area contributed by atoms with Gasteiger partial charge in [0.25, 0.3) is 0 Å². The van der Waals surface area contributed by atoms with Crippen molar-refractivity contribution in [1.82, 2.24) is 4.90 Å². The monoisotopic (exact) mass is 221 g/mol. The van der Waals surface area contributed by atoms with E-state index in [0.29, 0.717) is 6.61 Å². The molecule has 0 saturated carbocycles. The van der Waals surface area contributed by atoms with Crippen LogP contribution in [-0.2, 0) is 9.53 Å². The molecule has 0 aliphatic heterocycles. The van der Waals surface area contributed by atoms with Crippen molar-refractivity contribution in [3.63, 3.8) is 0 Å². The Morgan fingerprint density at radius 2 is 1.93 bits per heavy atom. The zero-order valence-electron chi connectivity index (χ0n) is 8.91. The minimum absolute atomic E-state index is 0.0262. The first-order valence-corrected chi connectivity index (χ1v) is 4.88. The highest BCUT2D eigenvalue weighted by molar-refractivity contribution is 6.62. The van der Waals surface area contributed by atoms with Gasteiger partial charge in [-0.15, -0.1) is 0 Å². The minimum Gasteiger partial charge on any atom is -0.464 e. The van der Waals surface area contributed by atoms with E-state index in [4.69, 9.17) is 16.3 Å². The predicted octanol–water partition coefficient (Wildman–Crippen LogP) is 1.86. The molecule has 5 heteroatoms. The average Bonchev–Trinajstić information content (AvgIpc) is 2.03. The lowest BCUT2D eigenvalue weighted by Crippen LogP contribution is -2.44. The fourth-order valence-electron chi connectivity index (χ4n) is 1.21. The highest BCUT2D eigenvalue weighted by Crippen LogP contribution is 2.13. The molecule has 4 nitrogen and oxygen atoms in total. The van der Waals surface area contributed by atoms with Gasteiger partial charge >= 0.3 is 11.3 Å². The van der Waals surface area contributed by atoms with Crippen LogP contribution in [0.15, 0.2) is 0 Å². The molecule has 0 aliphatic carbocycles. The van der Waals surface area contributed by atoms with E-state index in [0.717, 1.165) is 0 Å². The molecule has 82 valence electrons. The summed E-state index contributed by atoms with van der Waals surface area (Å²) in [6.45, 7) is 5.68. The smallest absolute Gasteiger partial charge is 0.329 e. The van der Waals surface area contributed by atoms with E-state index in [2.05, 4.69) is 0 Å². The van der Waals surface area contributed by atoms with Gasteiger partial charge in [0.15, 0.2) is 0 Å². The van der Waals surface area contributed by atoms with Crippen molar-refractivity contribution in [3.8, 4) is 0 Å². The van der Waals surface area contributed by atoms with E-state index >= 15 is 0 Å². The van der Waals surface area contributed by atoms with Crippen molar-refractivity contribution >= 4 is 22.9 Å². The van der Waals surface area contributed by atoms with Gasteiger partial charge in [0.1, 0.15) is 6.04 Å². The number of rotatable bonds is 4. The molecule has 0 bridgehead atoms. The van der Waals surface area contributed by atoms with Gasteiger partial charge in [-0.1, -0.05) is 13.8 Å². The maximum Gasteiger partial charge on any atom is 0.329 e. The maximum atomic E-state index is 11.5. The van der Waals surface area contributed by atoms with E-state index in [9.17, 15) is 9.59 Å². The molecule has 0 aromatic rings. The second-order valence-corrected chi connectivity index (χ2v) is 3.63. The van der Waals surface area contributed by atoms with Crippen LogP contribution in [0.4, 0.5) is 4.79 Å². The SMILES string of the molecule is CCOC(=O)[C@H](C(C)C)N(C)C(=O)Cl. The van der Waals surface area contributed by atoms with E-state index < -0.39 is 17.4 Å². The van der Waals surface area contributed by atoms with Gasteiger partial charge in [-0.2, -0.15) is 0 Å². The van der Waals surface area contributed by atoms with E-state index in [-0.39, 0.29) is 5.92 Å². The molecule has 0 heterocycles. The Bertz CT molecular complexity index is 218. The number of carbonyl (C=O) groups is 2. The predicted molar refractivity (Wildman–Crippen MR) is 54.3 cm³/mol. The molecule has 1 amide bonds. The Hall–Kier alpha value is -0.770. The summed E-state index contributed by atoms with van der Waals surface area (Å²) in [6.07, 6.45) is 0. The first-order chi connectivity index (χ1) is 6.41. The molecule has 0 radical (unpaired) electrons. The van der Waals surface area contributed by atoms with Crippen LogP contribution in [0.3, 0.4) is 0 Å². The maximum absolute atomic E-state index is 11.5. The first kappa shape index (κ1) is 13.2. The van der Waals surface area contributed by atoms with Crippen molar-refractivity contribution < 1.29 is 14.3 Å². The first-order valence-electron chi connectivity index (χ1n) is 4.50. The summed E-state index contributed by atoms with van der Waals surface area (Å²) in [7, 11) is 1.48. The quantitative estimate of drug-likeness (QED) is 0.414. The average molecular weight is 222 g/mol. The van der Waals surface area contributed by atoms with Crippen molar-refractivity contribution in [2.75, 3.05) is 13.7 Å². The fourth-order valence-corrected chi connectivity index (χ4v) is 1.32. The number of amides is 1. The molecular weight excluding hydrogens is 206 g/mol. The van der Waals surface area contributed by atoms with E-state index in [1.54, 1.807) is 6.92 Å². The third-order valence-electron chi connectivity index (χ3n) is 1.85. The van der Waals surface area contributed by atoms with Crippen LogP contribution >= 0.6 is 11.6 Å². The van der Waals surface area contributed by atoms with Crippen LogP contribution in [0.1, 0.15) is 20.8 Å². The van der Waals surface area contributed by atoms with Crippen molar-refractivity contribution in [2.24, 2.45) is 5.92 Å². The van der Waals surface area contributed by atoms with Crippen LogP contribution in [0.25, 0.3) is 0 Å². The molecule has 0 saturated heterocycles. The Labute approximate surface area is 89.2 Å². The molecule has 0 N–H and O–H groups in total. The fraction of sp³-hybridized carbons (Fsp3) is 0.778. The number of esters is 1. The van der Waals surface area contributed by atoms with Gasteiger partial charge in [0.2, 0.25) is 0 Å². The lowest BCUT2D eigenvalue weighted by Gasteiger charge is -2.27. The van der Waals surface area contributed by atoms with Gasteiger partial charge < -0.3 is 9.64 Å². The molecular formula is C9H16ClNO3. The minimum atomic E-state index is -0.656.